The Kier molecular flexibility index (Phi) is 5.86. The fourth-order valence-electron chi connectivity index (χ4n) is 1.56. The molecule has 0 saturated heterocycles. The van der Waals surface area contributed by atoms with Gasteiger partial charge in [0.2, 0.25) is 20.0 Å². The zero-order valence-corrected chi connectivity index (χ0v) is 13.4. The van der Waals surface area contributed by atoms with Gasteiger partial charge in [-0.1, -0.05) is 0 Å². The Morgan fingerprint density at radius 3 is 2.29 bits per heavy atom. The van der Waals surface area contributed by atoms with E-state index in [1.54, 1.807) is 6.92 Å². The number of sulfonamides is 2. The molecule has 0 heterocycles. The summed E-state index contributed by atoms with van der Waals surface area (Å²) >= 11 is 0. The lowest BCUT2D eigenvalue weighted by Gasteiger charge is -2.08. The Morgan fingerprint density at radius 1 is 1.14 bits per heavy atom. The SMILES string of the molecule is Cc1cc(S(=O)(=O)NCCCNS(C)(=O)=O)ccc1C#N. The second-order valence-corrected chi connectivity index (χ2v) is 8.11. The van der Waals surface area contributed by atoms with Gasteiger partial charge in [-0.25, -0.2) is 26.3 Å². The largest absolute Gasteiger partial charge is 0.240 e. The van der Waals surface area contributed by atoms with Crippen LogP contribution < -0.4 is 9.44 Å². The van der Waals surface area contributed by atoms with E-state index in [1.807, 2.05) is 6.07 Å². The molecule has 1 aromatic rings. The molecule has 0 aliphatic carbocycles. The van der Waals surface area contributed by atoms with E-state index in [9.17, 15) is 16.8 Å². The molecule has 0 aliphatic heterocycles. The molecule has 116 valence electrons. The first-order chi connectivity index (χ1) is 9.65. The van der Waals surface area contributed by atoms with E-state index >= 15 is 0 Å². The molecule has 0 radical (unpaired) electrons. The van der Waals surface area contributed by atoms with Gasteiger partial charge in [-0.2, -0.15) is 5.26 Å². The van der Waals surface area contributed by atoms with Crippen molar-refractivity contribution in [3.05, 3.63) is 29.3 Å². The molecule has 0 unspecified atom stereocenters. The van der Waals surface area contributed by atoms with E-state index in [2.05, 4.69) is 9.44 Å². The maximum Gasteiger partial charge on any atom is 0.240 e. The quantitative estimate of drug-likeness (QED) is 0.687. The Balaban J connectivity index is 2.62. The molecule has 0 saturated carbocycles. The highest BCUT2D eigenvalue weighted by molar-refractivity contribution is 7.89. The van der Waals surface area contributed by atoms with Gasteiger partial charge in [0.15, 0.2) is 0 Å². The molecule has 0 amide bonds. The number of nitriles is 1. The van der Waals surface area contributed by atoms with Gasteiger partial charge < -0.3 is 0 Å². The predicted octanol–water partition coefficient (Wildman–Crippen LogP) is 0.0843. The third-order valence-electron chi connectivity index (χ3n) is 2.64. The standard InChI is InChI=1S/C12H17N3O4S2/c1-10-8-12(5-4-11(10)9-13)21(18,19)15-7-3-6-14-20(2,16)17/h4-5,8,14-15H,3,6-7H2,1-2H3. The van der Waals surface area contributed by atoms with Gasteiger partial charge in [-0.15, -0.1) is 0 Å². The minimum Gasteiger partial charge on any atom is -0.215 e. The summed E-state index contributed by atoms with van der Waals surface area (Å²) < 4.78 is 50.3. The number of rotatable bonds is 7. The van der Waals surface area contributed by atoms with Gasteiger partial charge >= 0.3 is 0 Å². The van der Waals surface area contributed by atoms with Crippen molar-refractivity contribution in [2.24, 2.45) is 0 Å². The van der Waals surface area contributed by atoms with E-state index in [0.717, 1.165) is 6.26 Å². The van der Waals surface area contributed by atoms with Crippen molar-refractivity contribution < 1.29 is 16.8 Å². The van der Waals surface area contributed by atoms with Crippen molar-refractivity contribution in [3.63, 3.8) is 0 Å². The summed E-state index contributed by atoms with van der Waals surface area (Å²) in [6, 6.07) is 6.21. The molecule has 0 spiro atoms. The fourth-order valence-corrected chi connectivity index (χ4v) is 3.24. The Morgan fingerprint density at radius 2 is 1.76 bits per heavy atom. The van der Waals surface area contributed by atoms with Crippen LogP contribution >= 0.6 is 0 Å². The first-order valence-corrected chi connectivity index (χ1v) is 9.48. The topological polar surface area (TPSA) is 116 Å². The molecule has 2 N–H and O–H groups in total. The smallest absolute Gasteiger partial charge is 0.215 e. The minimum atomic E-state index is -3.66. The van der Waals surface area contributed by atoms with E-state index in [0.29, 0.717) is 17.5 Å². The zero-order chi connectivity index (χ0) is 16.1. The number of nitrogens with one attached hydrogen (secondary N) is 2. The summed E-state index contributed by atoms with van der Waals surface area (Å²) in [4.78, 5) is 0.0788. The number of hydrogen-bond donors (Lipinski definition) is 2. The van der Waals surface area contributed by atoms with Crippen molar-refractivity contribution in [1.29, 1.82) is 5.26 Å². The highest BCUT2D eigenvalue weighted by Crippen LogP contribution is 2.14. The number of hydrogen-bond acceptors (Lipinski definition) is 5. The summed E-state index contributed by atoms with van der Waals surface area (Å²) in [7, 11) is -6.92. The van der Waals surface area contributed by atoms with Crippen LogP contribution in [0, 0.1) is 18.3 Å². The summed E-state index contributed by atoms with van der Waals surface area (Å²) in [6.45, 7) is 1.94. The van der Waals surface area contributed by atoms with Crippen molar-refractivity contribution in [3.8, 4) is 6.07 Å². The van der Waals surface area contributed by atoms with Crippen LogP contribution in [0.5, 0.6) is 0 Å². The van der Waals surface area contributed by atoms with Crippen molar-refractivity contribution in [2.45, 2.75) is 18.2 Å². The average Bonchev–Trinajstić information content (AvgIpc) is 2.36. The Labute approximate surface area is 125 Å². The molecule has 0 atom stereocenters. The normalized spacial score (nSPS) is 12.0. The molecular weight excluding hydrogens is 314 g/mol. The maximum absolute atomic E-state index is 12.0. The second-order valence-electron chi connectivity index (χ2n) is 4.51. The molecule has 1 rings (SSSR count). The van der Waals surface area contributed by atoms with E-state index < -0.39 is 20.0 Å². The second kappa shape index (κ2) is 7.00. The Hall–Kier alpha value is -1.47. The molecule has 0 fully saturated rings. The van der Waals surface area contributed by atoms with Gasteiger partial charge in [0.25, 0.3) is 0 Å². The van der Waals surface area contributed by atoms with Gasteiger partial charge in [-0.05, 0) is 37.1 Å². The van der Waals surface area contributed by atoms with Gasteiger partial charge in [0, 0.05) is 13.1 Å². The number of nitrogens with zero attached hydrogens (tertiary/aromatic N) is 1. The van der Waals surface area contributed by atoms with Crippen LogP contribution in [-0.2, 0) is 20.0 Å². The van der Waals surface area contributed by atoms with Crippen LogP contribution in [0.2, 0.25) is 0 Å². The summed E-state index contributed by atoms with van der Waals surface area (Å²) in [5.41, 5.74) is 1.01. The maximum atomic E-state index is 12.0. The average molecular weight is 331 g/mol. The van der Waals surface area contributed by atoms with E-state index in [1.165, 1.54) is 18.2 Å². The lowest BCUT2D eigenvalue weighted by Crippen LogP contribution is -2.29. The molecule has 0 aromatic heterocycles. The first-order valence-electron chi connectivity index (χ1n) is 6.11. The van der Waals surface area contributed by atoms with Gasteiger partial charge in [0.05, 0.1) is 22.8 Å². The molecule has 0 bridgehead atoms. The fraction of sp³-hybridized carbons (Fsp3) is 0.417. The summed E-state index contributed by atoms with van der Waals surface area (Å²) in [5.74, 6) is 0. The highest BCUT2D eigenvalue weighted by atomic mass is 32.2. The van der Waals surface area contributed by atoms with E-state index in [-0.39, 0.29) is 18.0 Å². The van der Waals surface area contributed by atoms with E-state index in [4.69, 9.17) is 5.26 Å². The van der Waals surface area contributed by atoms with Crippen LogP contribution in [-0.4, -0.2) is 36.2 Å². The molecule has 7 nitrogen and oxygen atoms in total. The minimum absolute atomic E-state index is 0.0788. The lowest BCUT2D eigenvalue weighted by molar-refractivity contribution is 0.575. The highest BCUT2D eigenvalue weighted by Gasteiger charge is 2.14. The van der Waals surface area contributed by atoms with Crippen LogP contribution in [0.1, 0.15) is 17.5 Å². The third-order valence-corrected chi connectivity index (χ3v) is 4.83. The van der Waals surface area contributed by atoms with Gasteiger partial charge in [-0.3, -0.25) is 0 Å². The van der Waals surface area contributed by atoms with Crippen LogP contribution in [0.3, 0.4) is 0 Å². The van der Waals surface area contributed by atoms with Crippen molar-refractivity contribution in [1.82, 2.24) is 9.44 Å². The van der Waals surface area contributed by atoms with Crippen molar-refractivity contribution >= 4 is 20.0 Å². The molecule has 0 aliphatic rings. The molecule has 9 heteroatoms. The lowest BCUT2D eigenvalue weighted by atomic mass is 10.1. The van der Waals surface area contributed by atoms with Crippen LogP contribution in [0.4, 0.5) is 0 Å². The third kappa shape index (κ3) is 5.81. The monoisotopic (exact) mass is 331 g/mol. The number of benzene rings is 1. The number of aryl methyl sites for hydroxylation is 1. The molecule has 1 aromatic carbocycles. The van der Waals surface area contributed by atoms with Gasteiger partial charge in [0.1, 0.15) is 0 Å². The van der Waals surface area contributed by atoms with Crippen LogP contribution in [0.25, 0.3) is 0 Å². The molecule has 21 heavy (non-hydrogen) atoms. The van der Waals surface area contributed by atoms with Crippen LogP contribution in [0.15, 0.2) is 23.1 Å². The molecular formula is C12H17N3O4S2. The zero-order valence-electron chi connectivity index (χ0n) is 11.8. The first kappa shape index (κ1) is 17.6. The summed E-state index contributed by atoms with van der Waals surface area (Å²) in [6.07, 6.45) is 1.37. The predicted molar refractivity (Wildman–Crippen MR) is 78.5 cm³/mol. The Bertz CT molecular complexity index is 749. The summed E-state index contributed by atoms with van der Waals surface area (Å²) in [5, 5.41) is 8.81. The van der Waals surface area contributed by atoms with Crippen molar-refractivity contribution in [2.75, 3.05) is 19.3 Å².